The number of hydrogen-bond donors (Lipinski definition) is 1. The van der Waals surface area contributed by atoms with Crippen LogP contribution in [0.15, 0.2) is 58.3 Å². The first-order valence-electron chi connectivity index (χ1n) is 7.03. The van der Waals surface area contributed by atoms with Gasteiger partial charge in [0.25, 0.3) is 5.56 Å². The maximum absolute atomic E-state index is 11.9. The lowest BCUT2D eigenvalue weighted by molar-refractivity contribution is 0.749. The van der Waals surface area contributed by atoms with Crippen LogP contribution >= 0.6 is 11.6 Å². The van der Waals surface area contributed by atoms with Gasteiger partial charge < -0.3 is 0 Å². The zero-order valence-electron chi connectivity index (χ0n) is 12.4. The summed E-state index contributed by atoms with van der Waals surface area (Å²) < 4.78 is 1.09. The van der Waals surface area contributed by atoms with E-state index in [-0.39, 0.29) is 6.42 Å². The number of nitrogens with one attached hydrogen (secondary N) is 1. The predicted octanol–water partition coefficient (Wildman–Crippen LogP) is 2.31. The molecule has 6 nitrogen and oxygen atoms in total. The number of aromatic nitrogens is 3. The number of aromatic amines is 1. The van der Waals surface area contributed by atoms with E-state index in [1.54, 1.807) is 30.3 Å². The molecule has 118 valence electrons. The standard InChI is InChI=1S/C17H11ClN4O2/c18-13-4-1-11(2-5-13)15-9-14(6-3-12(15)7-8-19)22-17(24)21-16(23)10-20-22/h1-6,9-10H,7H2,(H,21,23,24). The van der Waals surface area contributed by atoms with Gasteiger partial charge in [0, 0.05) is 5.02 Å². The highest BCUT2D eigenvalue weighted by Crippen LogP contribution is 2.27. The van der Waals surface area contributed by atoms with Crippen molar-refractivity contribution in [3.05, 3.63) is 80.1 Å². The molecule has 0 spiro atoms. The zero-order chi connectivity index (χ0) is 17.1. The van der Waals surface area contributed by atoms with Crippen LogP contribution < -0.4 is 11.2 Å². The molecule has 0 aliphatic heterocycles. The van der Waals surface area contributed by atoms with Crippen molar-refractivity contribution in [2.45, 2.75) is 6.42 Å². The fourth-order valence-corrected chi connectivity index (χ4v) is 2.50. The molecule has 0 atom stereocenters. The fourth-order valence-electron chi connectivity index (χ4n) is 2.37. The molecule has 0 aliphatic carbocycles. The van der Waals surface area contributed by atoms with E-state index in [4.69, 9.17) is 16.9 Å². The van der Waals surface area contributed by atoms with Gasteiger partial charge in [0.05, 0.1) is 18.2 Å². The number of hydrogen-bond acceptors (Lipinski definition) is 4. The first kappa shape index (κ1) is 15.7. The minimum atomic E-state index is -0.627. The zero-order valence-corrected chi connectivity index (χ0v) is 13.1. The maximum Gasteiger partial charge on any atom is 0.349 e. The van der Waals surface area contributed by atoms with Gasteiger partial charge in [0.15, 0.2) is 0 Å². The van der Waals surface area contributed by atoms with Crippen molar-refractivity contribution in [2.24, 2.45) is 0 Å². The fraction of sp³-hybridized carbons (Fsp3) is 0.0588. The normalized spacial score (nSPS) is 10.3. The minimum absolute atomic E-state index is 0.228. The van der Waals surface area contributed by atoms with E-state index in [1.807, 2.05) is 12.1 Å². The predicted molar refractivity (Wildman–Crippen MR) is 90.2 cm³/mol. The second kappa shape index (κ2) is 6.52. The Labute approximate surface area is 141 Å². The molecule has 0 bridgehead atoms. The molecule has 3 aromatic rings. The highest BCUT2D eigenvalue weighted by Gasteiger charge is 2.09. The van der Waals surface area contributed by atoms with Crippen LogP contribution in [0.1, 0.15) is 5.56 Å². The molecule has 7 heteroatoms. The van der Waals surface area contributed by atoms with Crippen LogP contribution in [0, 0.1) is 11.3 Å². The van der Waals surface area contributed by atoms with Crippen molar-refractivity contribution < 1.29 is 0 Å². The van der Waals surface area contributed by atoms with E-state index in [9.17, 15) is 9.59 Å². The van der Waals surface area contributed by atoms with Gasteiger partial charge in [0.2, 0.25) is 0 Å². The first-order valence-corrected chi connectivity index (χ1v) is 7.41. The molecule has 3 rings (SSSR count). The quantitative estimate of drug-likeness (QED) is 0.793. The van der Waals surface area contributed by atoms with Crippen molar-refractivity contribution in [2.75, 3.05) is 0 Å². The Morgan fingerprint density at radius 3 is 2.58 bits per heavy atom. The molecule has 0 aliphatic rings. The molecule has 1 N–H and O–H groups in total. The summed E-state index contributed by atoms with van der Waals surface area (Å²) in [5.41, 5.74) is 1.78. The molecule has 0 saturated carbocycles. The Morgan fingerprint density at radius 1 is 1.17 bits per heavy atom. The third kappa shape index (κ3) is 3.12. The van der Waals surface area contributed by atoms with Gasteiger partial charge in [-0.25, -0.2) is 4.79 Å². The summed E-state index contributed by atoms with van der Waals surface area (Å²) >= 11 is 5.92. The van der Waals surface area contributed by atoms with E-state index in [0.29, 0.717) is 10.7 Å². The second-order valence-corrected chi connectivity index (χ2v) is 5.47. The van der Waals surface area contributed by atoms with Crippen LogP contribution in [-0.4, -0.2) is 14.8 Å². The molecule has 2 aromatic carbocycles. The molecule has 1 heterocycles. The third-order valence-electron chi connectivity index (χ3n) is 3.48. The molecule has 24 heavy (non-hydrogen) atoms. The highest BCUT2D eigenvalue weighted by molar-refractivity contribution is 6.30. The molecular weight excluding hydrogens is 328 g/mol. The molecule has 0 unspecified atom stereocenters. The van der Waals surface area contributed by atoms with Crippen molar-refractivity contribution in [3.63, 3.8) is 0 Å². The average molecular weight is 339 g/mol. The van der Waals surface area contributed by atoms with Crippen LogP contribution in [0.4, 0.5) is 0 Å². The smallest absolute Gasteiger partial charge is 0.271 e. The molecule has 0 saturated heterocycles. The van der Waals surface area contributed by atoms with E-state index >= 15 is 0 Å². The Kier molecular flexibility index (Phi) is 4.27. The lowest BCUT2D eigenvalue weighted by Crippen LogP contribution is -2.30. The van der Waals surface area contributed by atoms with E-state index < -0.39 is 11.2 Å². The highest BCUT2D eigenvalue weighted by atomic mass is 35.5. The van der Waals surface area contributed by atoms with Crippen LogP contribution in [0.5, 0.6) is 0 Å². The van der Waals surface area contributed by atoms with Gasteiger partial charge in [-0.3, -0.25) is 9.78 Å². The van der Waals surface area contributed by atoms with Crippen molar-refractivity contribution in [3.8, 4) is 22.9 Å². The number of rotatable bonds is 3. The van der Waals surface area contributed by atoms with Gasteiger partial charge in [-0.2, -0.15) is 15.0 Å². The number of nitrogens with zero attached hydrogens (tertiary/aromatic N) is 3. The van der Waals surface area contributed by atoms with Gasteiger partial charge in [-0.15, -0.1) is 0 Å². The summed E-state index contributed by atoms with van der Waals surface area (Å²) in [6.45, 7) is 0. The van der Waals surface area contributed by atoms with Crippen LogP contribution in [0.3, 0.4) is 0 Å². The van der Waals surface area contributed by atoms with Gasteiger partial charge in [0.1, 0.15) is 6.20 Å². The van der Waals surface area contributed by atoms with Gasteiger partial charge >= 0.3 is 5.69 Å². The topological polar surface area (TPSA) is 91.5 Å². The Bertz CT molecular complexity index is 1050. The van der Waals surface area contributed by atoms with Crippen LogP contribution in [0.2, 0.25) is 5.02 Å². The van der Waals surface area contributed by atoms with E-state index in [2.05, 4.69) is 16.2 Å². The van der Waals surface area contributed by atoms with Crippen molar-refractivity contribution in [1.82, 2.24) is 14.8 Å². The summed E-state index contributed by atoms with van der Waals surface area (Å²) in [5.74, 6) is 0. The lowest BCUT2D eigenvalue weighted by Gasteiger charge is -2.11. The first-order chi connectivity index (χ1) is 11.6. The van der Waals surface area contributed by atoms with Crippen molar-refractivity contribution >= 4 is 11.6 Å². The molecule has 0 fully saturated rings. The van der Waals surface area contributed by atoms with Gasteiger partial charge in [-0.1, -0.05) is 29.8 Å². The van der Waals surface area contributed by atoms with E-state index in [0.717, 1.165) is 27.6 Å². The summed E-state index contributed by atoms with van der Waals surface area (Å²) in [4.78, 5) is 25.2. The SMILES string of the molecule is N#CCc1ccc(-n2ncc(=O)[nH]c2=O)cc1-c1ccc(Cl)cc1. The monoisotopic (exact) mass is 338 g/mol. The van der Waals surface area contributed by atoms with Crippen molar-refractivity contribution in [1.29, 1.82) is 5.26 Å². The summed E-state index contributed by atoms with van der Waals surface area (Å²) in [7, 11) is 0. The Hall–Kier alpha value is -3.17. The lowest BCUT2D eigenvalue weighted by atomic mass is 9.97. The van der Waals surface area contributed by atoms with Crippen LogP contribution in [-0.2, 0) is 6.42 Å². The molecule has 0 amide bonds. The van der Waals surface area contributed by atoms with Gasteiger partial charge in [-0.05, 0) is 41.0 Å². The molecular formula is C17H11ClN4O2. The Balaban J connectivity index is 2.19. The number of benzene rings is 2. The van der Waals surface area contributed by atoms with E-state index in [1.165, 1.54) is 0 Å². The number of nitriles is 1. The Morgan fingerprint density at radius 2 is 1.92 bits per heavy atom. The van der Waals surface area contributed by atoms with Crippen LogP contribution in [0.25, 0.3) is 16.8 Å². The number of H-pyrrole nitrogens is 1. The summed E-state index contributed by atoms with van der Waals surface area (Å²) in [6, 6.07) is 14.5. The maximum atomic E-state index is 11.9. The molecule has 0 radical (unpaired) electrons. The largest absolute Gasteiger partial charge is 0.349 e. The average Bonchev–Trinajstić information content (AvgIpc) is 2.57. The second-order valence-electron chi connectivity index (χ2n) is 5.03. The summed E-state index contributed by atoms with van der Waals surface area (Å²) in [5, 5.41) is 13.5. The summed E-state index contributed by atoms with van der Waals surface area (Å²) in [6.07, 6.45) is 1.26. The third-order valence-corrected chi connectivity index (χ3v) is 3.73. The molecule has 1 aromatic heterocycles. The minimum Gasteiger partial charge on any atom is -0.271 e. The number of halogens is 1.